The molecule has 0 spiro atoms. The predicted octanol–water partition coefficient (Wildman–Crippen LogP) is 5.18. The summed E-state index contributed by atoms with van der Waals surface area (Å²) in [7, 11) is 0. The van der Waals surface area contributed by atoms with Crippen LogP contribution >= 0.6 is 11.8 Å². The van der Waals surface area contributed by atoms with Crippen LogP contribution in [-0.2, 0) is 6.54 Å². The Morgan fingerprint density at radius 1 is 1.14 bits per heavy atom. The molecule has 186 valence electrons. The lowest BCUT2D eigenvalue weighted by Gasteiger charge is -2.16. The molecule has 1 aliphatic carbocycles. The molecule has 36 heavy (non-hydrogen) atoms. The van der Waals surface area contributed by atoms with Crippen LogP contribution in [0.3, 0.4) is 0 Å². The first-order valence-corrected chi connectivity index (χ1v) is 13.5. The van der Waals surface area contributed by atoms with E-state index in [1.807, 2.05) is 38.1 Å². The van der Waals surface area contributed by atoms with Gasteiger partial charge in [0, 0.05) is 40.8 Å². The van der Waals surface area contributed by atoms with Crippen molar-refractivity contribution in [3.05, 3.63) is 70.1 Å². The highest BCUT2D eigenvalue weighted by molar-refractivity contribution is 7.99. The summed E-state index contributed by atoms with van der Waals surface area (Å²) in [5.74, 6) is 0.204. The number of H-pyrrole nitrogens is 1. The number of carbonyl (C=O) groups excluding carboxylic acids is 2. The SMILES string of the molecule is CC(C)Cn1c(SCC(=O)c2c[nH]c3ccccc23)nc2cc(C(=O)NC3CCCC3)ccc2c1=O. The number of Topliss-reactive ketones (excluding diaryl/α,β-unsaturated/α-hetero) is 1. The van der Waals surface area contributed by atoms with Crippen LogP contribution in [0.4, 0.5) is 0 Å². The second-order valence-electron chi connectivity index (χ2n) is 9.85. The first-order valence-electron chi connectivity index (χ1n) is 12.5. The summed E-state index contributed by atoms with van der Waals surface area (Å²) >= 11 is 1.26. The molecule has 4 aromatic rings. The quantitative estimate of drug-likeness (QED) is 0.197. The molecule has 2 N–H and O–H groups in total. The third-order valence-electron chi connectivity index (χ3n) is 6.64. The molecule has 8 heteroatoms. The number of aromatic amines is 1. The van der Waals surface area contributed by atoms with Crippen molar-refractivity contribution in [2.45, 2.75) is 57.3 Å². The highest BCUT2D eigenvalue weighted by Crippen LogP contribution is 2.24. The highest BCUT2D eigenvalue weighted by Gasteiger charge is 2.20. The molecule has 7 nitrogen and oxygen atoms in total. The largest absolute Gasteiger partial charge is 0.360 e. The van der Waals surface area contributed by atoms with E-state index in [0.29, 0.717) is 33.7 Å². The first-order chi connectivity index (χ1) is 17.4. The van der Waals surface area contributed by atoms with Crippen molar-refractivity contribution in [3.8, 4) is 0 Å². The maximum Gasteiger partial charge on any atom is 0.262 e. The van der Waals surface area contributed by atoms with Gasteiger partial charge < -0.3 is 10.3 Å². The monoisotopic (exact) mass is 502 g/mol. The van der Waals surface area contributed by atoms with Gasteiger partial charge in [-0.1, -0.05) is 56.7 Å². The number of nitrogens with one attached hydrogen (secondary N) is 2. The normalized spacial score (nSPS) is 14.2. The number of rotatable bonds is 8. The molecule has 2 aromatic heterocycles. The molecule has 1 saturated carbocycles. The van der Waals surface area contributed by atoms with E-state index in [2.05, 4.69) is 10.3 Å². The molecule has 0 saturated heterocycles. The zero-order valence-corrected chi connectivity index (χ0v) is 21.4. The molecule has 1 aliphatic rings. The van der Waals surface area contributed by atoms with Gasteiger partial charge in [0.2, 0.25) is 0 Å². The number of hydrogen-bond donors (Lipinski definition) is 2. The van der Waals surface area contributed by atoms with E-state index in [-0.39, 0.29) is 35.0 Å². The summed E-state index contributed by atoms with van der Waals surface area (Å²) in [6, 6.07) is 13.0. The lowest BCUT2D eigenvalue weighted by atomic mass is 10.1. The molecular formula is C28H30N4O3S. The van der Waals surface area contributed by atoms with Gasteiger partial charge in [-0.25, -0.2) is 4.98 Å². The number of carbonyl (C=O) groups is 2. The van der Waals surface area contributed by atoms with Crippen LogP contribution in [0.15, 0.2) is 58.6 Å². The van der Waals surface area contributed by atoms with Crippen LogP contribution in [0, 0.1) is 5.92 Å². The summed E-state index contributed by atoms with van der Waals surface area (Å²) in [4.78, 5) is 47.2. The van der Waals surface area contributed by atoms with Crippen LogP contribution in [0.25, 0.3) is 21.8 Å². The predicted molar refractivity (Wildman–Crippen MR) is 144 cm³/mol. The standard InChI is InChI=1S/C28H30N4O3S/c1-17(2)15-32-27(35)21-12-11-18(26(34)30-19-7-3-4-8-19)13-24(21)31-28(32)36-16-25(33)22-14-29-23-10-6-5-9-20(22)23/h5-6,9-14,17,19,29H,3-4,7-8,15-16H2,1-2H3,(H,30,34). The van der Waals surface area contributed by atoms with Gasteiger partial charge in [-0.3, -0.25) is 19.0 Å². The Labute approximate surface area is 213 Å². The average molecular weight is 503 g/mol. The molecule has 0 unspecified atom stereocenters. The van der Waals surface area contributed by atoms with E-state index >= 15 is 0 Å². The fourth-order valence-electron chi connectivity index (χ4n) is 4.83. The topological polar surface area (TPSA) is 96.8 Å². The van der Waals surface area contributed by atoms with Gasteiger partial charge in [0.15, 0.2) is 10.9 Å². The zero-order valence-electron chi connectivity index (χ0n) is 20.5. The second-order valence-corrected chi connectivity index (χ2v) is 10.8. The summed E-state index contributed by atoms with van der Waals surface area (Å²) in [5, 5.41) is 4.94. The Bertz CT molecular complexity index is 1500. The van der Waals surface area contributed by atoms with Crippen LogP contribution < -0.4 is 10.9 Å². The van der Waals surface area contributed by atoms with Gasteiger partial charge in [-0.2, -0.15) is 0 Å². The summed E-state index contributed by atoms with van der Waals surface area (Å²) in [6.07, 6.45) is 6.01. The first kappa shape index (κ1) is 24.3. The van der Waals surface area contributed by atoms with Crippen LogP contribution in [0.2, 0.25) is 0 Å². The molecule has 2 heterocycles. The highest BCUT2D eigenvalue weighted by atomic mass is 32.2. The minimum atomic E-state index is -0.154. The van der Waals surface area contributed by atoms with E-state index in [0.717, 1.165) is 36.6 Å². The number of amides is 1. The average Bonchev–Trinajstić information content (AvgIpc) is 3.54. The maximum atomic E-state index is 13.4. The van der Waals surface area contributed by atoms with Crippen molar-refractivity contribution < 1.29 is 9.59 Å². The third kappa shape index (κ3) is 4.95. The molecule has 0 bridgehead atoms. The van der Waals surface area contributed by atoms with Crippen molar-refractivity contribution in [1.29, 1.82) is 0 Å². The van der Waals surface area contributed by atoms with Crippen molar-refractivity contribution in [2.24, 2.45) is 5.92 Å². The fourth-order valence-corrected chi connectivity index (χ4v) is 5.72. The summed E-state index contributed by atoms with van der Waals surface area (Å²) < 4.78 is 1.65. The number of thioether (sulfide) groups is 1. The molecule has 2 aromatic carbocycles. The van der Waals surface area contributed by atoms with Crippen LogP contribution in [0.5, 0.6) is 0 Å². The second kappa shape index (κ2) is 10.3. The van der Waals surface area contributed by atoms with Gasteiger partial charge in [0.25, 0.3) is 11.5 Å². The Morgan fingerprint density at radius 3 is 2.69 bits per heavy atom. The smallest absolute Gasteiger partial charge is 0.262 e. The Hall–Kier alpha value is -3.39. The fraction of sp³-hybridized carbons (Fsp3) is 0.357. The molecule has 0 atom stereocenters. The van der Waals surface area contributed by atoms with Gasteiger partial charge in [-0.05, 0) is 43.0 Å². The van der Waals surface area contributed by atoms with Crippen molar-refractivity contribution in [1.82, 2.24) is 19.9 Å². The van der Waals surface area contributed by atoms with Gasteiger partial charge >= 0.3 is 0 Å². The summed E-state index contributed by atoms with van der Waals surface area (Å²) in [5.41, 5.74) is 2.35. The molecule has 1 fully saturated rings. The third-order valence-corrected chi connectivity index (χ3v) is 7.62. The number of nitrogens with zero attached hydrogens (tertiary/aromatic N) is 2. The van der Waals surface area contributed by atoms with Gasteiger partial charge in [0.1, 0.15) is 0 Å². The van der Waals surface area contributed by atoms with Crippen molar-refractivity contribution in [2.75, 3.05) is 5.75 Å². The van der Waals surface area contributed by atoms with Crippen LogP contribution in [0.1, 0.15) is 60.2 Å². The molecule has 0 radical (unpaired) electrons. The number of para-hydroxylation sites is 1. The summed E-state index contributed by atoms with van der Waals surface area (Å²) in [6.45, 7) is 4.58. The number of fused-ring (bicyclic) bond motifs is 2. The molecular weight excluding hydrogens is 472 g/mol. The lowest BCUT2D eigenvalue weighted by Crippen LogP contribution is -2.32. The Balaban J connectivity index is 1.45. The van der Waals surface area contributed by atoms with E-state index in [4.69, 9.17) is 4.98 Å². The zero-order chi connectivity index (χ0) is 25.2. The van der Waals surface area contributed by atoms with Crippen molar-refractivity contribution >= 4 is 45.3 Å². The van der Waals surface area contributed by atoms with Crippen molar-refractivity contribution in [3.63, 3.8) is 0 Å². The minimum absolute atomic E-state index is 0.0346. The molecule has 0 aliphatic heterocycles. The van der Waals surface area contributed by atoms with Gasteiger partial charge in [0.05, 0.1) is 16.7 Å². The van der Waals surface area contributed by atoms with E-state index in [1.165, 1.54) is 11.8 Å². The number of ketones is 1. The Morgan fingerprint density at radius 2 is 1.92 bits per heavy atom. The molecule has 1 amide bonds. The van der Waals surface area contributed by atoms with E-state index in [9.17, 15) is 14.4 Å². The number of aromatic nitrogens is 3. The lowest BCUT2D eigenvalue weighted by molar-refractivity contribution is 0.0937. The minimum Gasteiger partial charge on any atom is -0.360 e. The van der Waals surface area contributed by atoms with E-state index < -0.39 is 0 Å². The Kier molecular flexibility index (Phi) is 6.96. The van der Waals surface area contributed by atoms with Gasteiger partial charge in [-0.15, -0.1) is 0 Å². The molecule has 5 rings (SSSR count). The van der Waals surface area contributed by atoms with Crippen LogP contribution in [-0.4, -0.2) is 38.0 Å². The van der Waals surface area contributed by atoms with E-state index in [1.54, 1.807) is 29.0 Å². The number of benzene rings is 2. The maximum absolute atomic E-state index is 13.4. The number of hydrogen-bond acceptors (Lipinski definition) is 5.